The highest BCUT2D eigenvalue weighted by Crippen LogP contribution is 2.33. The van der Waals surface area contributed by atoms with Gasteiger partial charge in [-0.05, 0) is 35.9 Å². The number of hydrogen-bond acceptors (Lipinski definition) is 6. The fourth-order valence-electron chi connectivity index (χ4n) is 3.83. The van der Waals surface area contributed by atoms with Gasteiger partial charge in [-0.15, -0.1) is 0 Å². The molecule has 0 saturated heterocycles. The molecular formula is C22H14ClN5O3. The smallest absolute Gasteiger partial charge is 0.262 e. The second-order valence-electron chi connectivity index (χ2n) is 7.14. The van der Waals surface area contributed by atoms with E-state index < -0.39 is 0 Å². The van der Waals surface area contributed by atoms with Crippen molar-refractivity contribution in [2.75, 3.05) is 6.79 Å². The SMILES string of the molecule is O=c1c2c(-c3cccc(Cl)c3)n3ncnc3nc2ccn1Cc1ccc2c(c1)OCO2. The quantitative estimate of drug-likeness (QED) is 0.434. The molecule has 2 aromatic carbocycles. The average molecular weight is 432 g/mol. The number of rotatable bonds is 3. The molecule has 8 nitrogen and oxygen atoms in total. The van der Waals surface area contributed by atoms with E-state index in [1.54, 1.807) is 27.4 Å². The number of nitrogens with zero attached hydrogens (tertiary/aromatic N) is 5. The fraction of sp³-hybridized carbons (Fsp3) is 0.0909. The van der Waals surface area contributed by atoms with Crippen LogP contribution in [0, 0.1) is 0 Å². The van der Waals surface area contributed by atoms with Crippen molar-refractivity contribution in [3.05, 3.63) is 82.0 Å². The normalized spacial score (nSPS) is 12.7. The van der Waals surface area contributed by atoms with Crippen molar-refractivity contribution in [1.82, 2.24) is 24.1 Å². The molecule has 1 aliphatic heterocycles. The van der Waals surface area contributed by atoms with Gasteiger partial charge in [-0.3, -0.25) is 4.79 Å². The van der Waals surface area contributed by atoms with Crippen LogP contribution in [0.4, 0.5) is 0 Å². The molecule has 152 valence electrons. The summed E-state index contributed by atoms with van der Waals surface area (Å²) in [7, 11) is 0. The van der Waals surface area contributed by atoms with Crippen LogP contribution in [0.15, 0.2) is 65.8 Å². The third-order valence-electron chi connectivity index (χ3n) is 5.23. The number of fused-ring (bicyclic) bond motifs is 3. The van der Waals surface area contributed by atoms with Crippen LogP contribution in [0.2, 0.25) is 5.02 Å². The van der Waals surface area contributed by atoms with Crippen LogP contribution < -0.4 is 15.0 Å². The summed E-state index contributed by atoms with van der Waals surface area (Å²) in [6.07, 6.45) is 3.15. The number of benzene rings is 2. The number of ether oxygens (including phenoxy) is 2. The van der Waals surface area contributed by atoms with Gasteiger partial charge in [-0.2, -0.15) is 14.6 Å². The molecule has 0 atom stereocenters. The molecule has 0 spiro atoms. The van der Waals surface area contributed by atoms with Gasteiger partial charge < -0.3 is 14.0 Å². The third kappa shape index (κ3) is 2.91. The Bertz CT molecular complexity index is 1540. The maximum atomic E-state index is 13.6. The van der Waals surface area contributed by atoms with E-state index >= 15 is 0 Å². The van der Waals surface area contributed by atoms with Gasteiger partial charge in [0.2, 0.25) is 6.79 Å². The van der Waals surface area contributed by atoms with Crippen molar-refractivity contribution in [3.8, 4) is 22.8 Å². The van der Waals surface area contributed by atoms with E-state index in [1.807, 2.05) is 36.4 Å². The topological polar surface area (TPSA) is 83.5 Å². The molecular weight excluding hydrogens is 418 g/mol. The first kappa shape index (κ1) is 17.9. The van der Waals surface area contributed by atoms with E-state index in [1.165, 1.54) is 6.33 Å². The minimum absolute atomic E-state index is 0.185. The van der Waals surface area contributed by atoms with Gasteiger partial charge in [0, 0.05) is 16.8 Å². The first-order valence-electron chi connectivity index (χ1n) is 9.55. The van der Waals surface area contributed by atoms with Crippen LogP contribution in [-0.2, 0) is 6.54 Å². The van der Waals surface area contributed by atoms with Crippen molar-refractivity contribution >= 4 is 28.3 Å². The summed E-state index contributed by atoms with van der Waals surface area (Å²) >= 11 is 6.23. The van der Waals surface area contributed by atoms with Gasteiger partial charge in [0.05, 0.1) is 23.1 Å². The molecule has 3 aromatic heterocycles. The highest BCUT2D eigenvalue weighted by molar-refractivity contribution is 6.30. The van der Waals surface area contributed by atoms with Gasteiger partial charge in [-0.25, -0.2) is 4.98 Å². The lowest BCUT2D eigenvalue weighted by Gasteiger charge is -2.12. The predicted octanol–water partition coefficient (Wildman–Crippen LogP) is 3.54. The van der Waals surface area contributed by atoms with Crippen molar-refractivity contribution in [1.29, 1.82) is 0 Å². The van der Waals surface area contributed by atoms with E-state index in [-0.39, 0.29) is 12.4 Å². The summed E-state index contributed by atoms with van der Waals surface area (Å²) in [5.74, 6) is 1.79. The molecule has 0 bridgehead atoms. The molecule has 0 N–H and O–H groups in total. The molecule has 6 rings (SSSR count). The summed E-state index contributed by atoms with van der Waals surface area (Å²) < 4.78 is 14.0. The maximum Gasteiger partial charge on any atom is 0.262 e. The summed E-state index contributed by atoms with van der Waals surface area (Å²) in [5, 5.41) is 5.30. The summed E-state index contributed by atoms with van der Waals surface area (Å²) in [5.41, 5.74) is 2.64. The summed E-state index contributed by atoms with van der Waals surface area (Å²) in [6.45, 7) is 0.576. The second-order valence-corrected chi connectivity index (χ2v) is 7.58. The van der Waals surface area contributed by atoms with Gasteiger partial charge in [0.1, 0.15) is 6.33 Å². The lowest BCUT2D eigenvalue weighted by Crippen LogP contribution is -2.22. The molecule has 0 saturated carbocycles. The fourth-order valence-corrected chi connectivity index (χ4v) is 4.02. The number of pyridine rings is 1. The van der Waals surface area contributed by atoms with Crippen molar-refractivity contribution in [2.24, 2.45) is 0 Å². The monoisotopic (exact) mass is 431 g/mol. The third-order valence-corrected chi connectivity index (χ3v) is 5.47. The Labute approximate surface area is 180 Å². The van der Waals surface area contributed by atoms with Crippen molar-refractivity contribution < 1.29 is 9.47 Å². The molecule has 0 amide bonds. The first-order valence-corrected chi connectivity index (χ1v) is 9.92. The zero-order chi connectivity index (χ0) is 20.9. The first-order chi connectivity index (χ1) is 15.2. The minimum Gasteiger partial charge on any atom is -0.454 e. The molecule has 5 aromatic rings. The molecule has 0 aliphatic carbocycles. The van der Waals surface area contributed by atoms with Gasteiger partial charge >= 0.3 is 0 Å². The molecule has 31 heavy (non-hydrogen) atoms. The van der Waals surface area contributed by atoms with Crippen LogP contribution in [0.5, 0.6) is 11.5 Å². The highest BCUT2D eigenvalue weighted by atomic mass is 35.5. The van der Waals surface area contributed by atoms with Crippen LogP contribution in [0.25, 0.3) is 27.9 Å². The number of aromatic nitrogens is 5. The summed E-state index contributed by atoms with van der Waals surface area (Å²) in [6, 6.07) is 14.8. The minimum atomic E-state index is -0.185. The average Bonchev–Trinajstić information content (AvgIpc) is 3.43. The Balaban J connectivity index is 1.57. The lowest BCUT2D eigenvalue weighted by molar-refractivity contribution is 0.174. The van der Waals surface area contributed by atoms with Gasteiger partial charge in [0.15, 0.2) is 11.5 Å². The number of hydrogen-bond donors (Lipinski definition) is 0. The van der Waals surface area contributed by atoms with Crippen LogP contribution in [-0.4, -0.2) is 30.9 Å². The molecule has 1 aliphatic rings. The van der Waals surface area contributed by atoms with Crippen LogP contribution in [0.1, 0.15) is 5.56 Å². The molecule has 0 fully saturated rings. The maximum absolute atomic E-state index is 13.6. The van der Waals surface area contributed by atoms with Crippen LogP contribution in [0.3, 0.4) is 0 Å². The summed E-state index contributed by atoms with van der Waals surface area (Å²) in [4.78, 5) is 22.3. The zero-order valence-corrected chi connectivity index (χ0v) is 16.8. The Morgan fingerprint density at radius 2 is 1.97 bits per heavy atom. The van der Waals surface area contributed by atoms with Gasteiger partial charge in [0.25, 0.3) is 11.3 Å². The van der Waals surface area contributed by atoms with E-state index in [9.17, 15) is 4.79 Å². The van der Waals surface area contributed by atoms with E-state index in [4.69, 9.17) is 21.1 Å². The predicted molar refractivity (Wildman–Crippen MR) is 115 cm³/mol. The Morgan fingerprint density at radius 1 is 1.06 bits per heavy atom. The molecule has 0 radical (unpaired) electrons. The second kappa shape index (κ2) is 6.82. The van der Waals surface area contributed by atoms with Crippen molar-refractivity contribution in [2.45, 2.75) is 6.54 Å². The van der Waals surface area contributed by atoms with E-state index in [2.05, 4.69) is 15.1 Å². The van der Waals surface area contributed by atoms with E-state index in [0.717, 1.165) is 11.1 Å². The molecule has 0 unspecified atom stereocenters. The van der Waals surface area contributed by atoms with Crippen LogP contribution >= 0.6 is 11.6 Å². The van der Waals surface area contributed by atoms with E-state index in [0.29, 0.717) is 45.4 Å². The zero-order valence-electron chi connectivity index (χ0n) is 16.0. The largest absolute Gasteiger partial charge is 0.454 e. The van der Waals surface area contributed by atoms with Gasteiger partial charge in [-0.1, -0.05) is 29.8 Å². The Hall–Kier alpha value is -3.91. The Kier molecular flexibility index (Phi) is 3.94. The molecule has 9 heteroatoms. The van der Waals surface area contributed by atoms with Crippen molar-refractivity contribution in [3.63, 3.8) is 0 Å². The standard InChI is InChI=1S/C22H14ClN5O3/c23-15-3-1-2-14(9-15)20-19-16(26-22-24-11-25-28(20)22)6-7-27(21(19)29)10-13-4-5-17-18(8-13)31-12-30-17/h1-9,11H,10,12H2. The molecule has 4 heterocycles. The number of halogens is 1. The Morgan fingerprint density at radius 3 is 2.87 bits per heavy atom. The lowest BCUT2D eigenvalue weighted by atomic mass is 10.1. The highest BCUT2D eigenvalue weighted by Gasteiger charge is 2.18.